The third-order valence-electron chi connectivity index (χ3n) is 2.79. The Bertz CT molecular complexity index is 509. The number of ether oxygens (including phenoxy) is 1. The van der Waals surface area contributed by atoms with Gasteiger partial charge in [-0.05, 0) is 43.7 Å². The van der Waals surface area contributed by atoms with E-state index in [4.69, 9.17) is 4.74 Å². The summed E-state index contributed by atoms with van der Waals surface area (Å²) in [5.41, 5.74) is 1.63. The number of hydrogen-bond acceptors (Lipinski definition) is 3. The van der Waals surface area contributed by atoms with Crippen molar-refractivity contribution in [2.24, 2.45) is 10.9 Å². The topological polar surface area (TPSA) is 21.6 Å². The summed E-state index contributed by atoms with van der Waals surface area (Å²) in [6, 6.07) is 4.97. The maximum atomic E-state index is 13.9. The third kappa shape index (κ3) is 4.37. The summed E-state index contributed by atoms with van der Waals surface area (Å²) in [7, 11) is 1.46. The highest BCUT2D eigenvalue weighted by Gasteiger charge is 2.12. The Morgan fingerprint density at radius 1 is 1.45 bits per heavy atom. The molecule has 0 unspecified atom stereocenters. The van der Waals surface area contributed by atoms with Gasteiger partial charge in [0.05, 0.1) is 12.8 Å². The zero-order valence-corrected chi connectivity index (χ0v) is 13.6. The van der Waals surface area contributed by atoms with Crippen molar-refractivity contribution in [2.45, 2.75) is 27.2 Å². The third-order valence-corrected chi connectivity index (χ3v) is 3.64. The Hall–Kier alpha value is -1.29. The van der Waals surface area contributed by atoms with E-state index in [1.807, 2.05) is 19.2 Å². The first-order chi connectivity index (χ1) is 9.53. The Morgan fingerprint density at radius 2 is 2.15 bits per heavy atom. The van der Waals surface area contributed by atoms with Crippen molar-refractivity contribution >= 4 is 23.7 Å². The molecule has 1 aromatic rings. The van der Waals surface area contributed by atoms with Crippen LogP contribution in [0.3, 0.4) is 0 Å². The minimum atomic E-state index is -0.362. The van der Waals surface area contributed by atoms with Crippen LogP contribution in [-0.4, -0.2) is 19.6 Å². The molecule has 110 valence electrons. The standard InChI is InChI=1S/C16H22FNOS/c1-6-18-16(15(20-5)9-11(2)3)12-7-8-14(19-4)13(17)10-12/h6-8,10-11H,9H2,1-5H3/b16-15-,18-6?. The van der Waals surface area contributed by atoms with Gasteiger partial charge in [-0.3, -0.25) is 4.99 Å². The molecule has 0 fully saturated rings. The molecule has 0 atom stereocenters. The van der Waals surface area contributed by atoms with Crippen molar-refractivity contribution < 1.29 is 9.13 Å². The van der Waals surface area contributed by atoms with Crippen LogP contribution in [-0.2, 0) is 0 Å². The normalized spacial score (nSPS) is 12.9. The highest BCUT2D eigenvalue weighted by Crippen LogP contribution is 2.33. The minimum absolute atomic E-state index is 0.253. The van der Waals surface area contributed by atoms with Gasteiger partial charge in [0.15, 0.2) is 11.6 Å². The van der Waals surface area contributed by atoms with E-state index in [1.54, 1.807) is 24.0 Å². The number of nitrogens with zero attached hydrogens (tertiary/aromatic N) is 1. The second kappa shape index (κ2) is 8.10. The molecule has 0 aliphatic rings. The highest BCUT2D eigenvalue weighted by molar-refractivity contribution is 8.02. The van der Waals surface area contributed by atoms with Crippen LogP contribution in [0.5, 0.6) is 5.75 Å². The molecule has 0 N–H and O–H groups in total. The van der Waals surface area contributed by atoms with Gasteiger partial charge in [-0.2, -0.15) is 0 Å². The molecule has 0 amide bonds. The molecule has 0 aromatic heterocycles. The van der Waals surface area contributed by atoms with E-state index < -0.39 is 0 Å². The van der Waals surface area contributed by atoms with Crippen molar-refractivity contribution in [3.05, 3.63) is 34.5 Å². The van der Waals surface area contributed by atoms with Gasteiger partial charge in [-0.1, -0.05) is 13.8 Å². The number of aliphatic imine (C=N–C) groups is 1. The second-order valence-electron chi connectivity index (χ2n) is 4.81. The Labute approximate surface area is 125 Å². The molecular weight excluding hydrogens is 273 g/mol. The molecule has 1 aromatic carbocycles. The molecule has 4 heteroatoms. The predicted octanol–water partition coefficient (Wildman–Crippen LogP) is 5.00. The number of rotatable bonds is 6. The summed E-state index contributed by atoms with van der Waals surface area (Å²) in [6.45, 7) is 6.20. The van der Waals surface area contributed by atoms with Crippen LogP contribution in [0.4, 0.5) is 4.39 Å². The summed E-state index contributed by atoms with van der Waals surface area (Å²) in [6.07, 6.45) is 4.71. The fraction of sp³-hybridized carbons (Fsp3) is 0.438. The lowest BCUT2D eigenvalue weighted by atomic mass is 10.1. The number of benzene rings is 1. The molecule has 1 rings (SSSR count). The van der Waals surface area contributed by atoms with E-state index in [-0.39, 0.29) is 11.6 Å². The zero-order chi connectivity index (χ0) is 15.1. The van der Waals surface area contributed by atoms with E-state index in [9.17, 15) is 4.39 Å². The Balaban J connectivity index is 3.31. The summed E-state index contributed by atoms with van der Waals surface area (Å²) in [4.78, 5) is 5.61. The lowest BCUT2D eigenvalue weighted by molar-refractivity contribution is 0.386. The van der Waals surface area contributed by atoms with E-state index in [0.717, 1.165) is 17.7 Å². The van der Waals surface area contributed by atoms with E-state index in [1.165, 1.54) is 18.1 Å². The smallest absolute Gasteiger partial charge is 0.165 e. The van der Waals surface area contributed by atoms with Gasteiger partial charge in [-0.25, -0.2) is 4.39 Å². The van der Waals surface area contributed by atoms with Crippen LogP contribution in [0.25, 0.3) is 5.70 Å². The minimum Gasteiger partial charge on any atom is -0.494 e. The van der Waals surface area contributed by atoms with Gasteiger partial charge < -0.3 is 4.74 Å². The molecule has 0 saturated heterocycles. The first-order valence-corrected chi connectivity index (χ1v) is 7.85. The Morgan fingerprint density at radius 3 is 2.60 bits per heavy atom. The SMILES string of the molecule is CC=N/C(=C(/CC(C)C)SC)c1ccc(OC)c(F)c1. The Kier molecular flexibility index (Phi) is 6.79. The number of methoxy groups -OCH3 is 1. The monoisotopic (exact) mass is 295 g/mol. The van der Waals surface area contributed by atoms with Crippen LogP contribution in [0.15, 0.2) is 28.1 Å². The van der Waals surface area contributed by atoms with Gasteiger partial charge >= 0.3 is 0 Å². The van der Waals surface area contributed by atoms with Gasteiger partial charge in [0.25, 0.3) is 0 Å². The van der Waals surface area contributed by atoms with Crippen LogP contribution in [0, 0.1) is 11.7 Å². The first-order valence-electron chi connectivity index (χ1n) is 6.63. The number of thioether (sulfide) groups is 1. The summed E-state index contributed by atoms with van der Waals surface area (Å²) >= 11 is 1.67. The maximum Gasteiger partial charge on any atom is 0.165 e. The summed E-state index contributed by atoms with van der Waals surface area (Å²) in [5, 5.41) is 0. The molecule has 0 spiro atoms. The average molecular weight is 295 g/mol. The second-order valence-corrected chi connectivity index (χ2v) is 5.71. The molecule has 0 aliphatic heterocycles. The van der Waals surface area contributed by atoms with Crippen LogP contribution in [0.2, 0.25) is 0 Å². The predicted molar refractivity (Wildman–Crippen MR) is 87.0 cm³/mol. The van der Waals surface area contributed by atoms with Crippen molar-refractivity contribution in [3.8, 4) is 5.75 Å². The highest BCUT2D eigenvalue weighted by atomic mass is 32.2. The van der Waals surface area contributed by atoms with Crippen LogP contribution >= 0.6 is 11.8 Å². The molecule has 20 heavy (non-hydrogen) atoms. The van der Waals surface area contributed by atoms with Gasteiger partial charge in [0.1, 0.15) is 0 Å². The van der Waals surface area contributed by atoms with Gasteiger partial charge in [-0.15, -0.1) is 11.8 Å². The number of hydrogen-bond donors (Lipinski definition) is 0. The quantitative estimate of drug-likeness (QED) is 0.689. The lowest BCUT2D eigenvalue weighted by Gasteiger charge is -2.13. The van der Waals surface area contributed by atoms with Crippen molar-refractivity contribution in [1.29, 1.82) is 0 Å². The lowest BCUT2D eigenvalue weighted by Crippen LogP contribution is -1.95. The van der Waals surface area contributed by atoms with Crippen molar-refractivity contribution in [1.82, 2.24) is 0 Å². The molecule has 0 heterocycles. The average Bonchev–Trinajstić information content (AvgIpc) is 2.42. The van der Waals surface area contributed by atoms with Crippen molar-refractivity contribution in [3.63, 3.8) is 0 Å². The van der Waals surface area contributed by atoms with Gasteiger partial charge in [0.2, 0.25) is 0 Å². The van der Waals surface area contributed by atoms with Crippen LogP contribution in [0.1, 0.15) is 32.8 Å². The van der Waals surface area contributed by atoms with Crippen molar-refractivity contribution in [2.75, 3.05) is 13.4 Å². The summed E-state index contributed by atoms with van der Waals surface area (Å²) in [5.74, 6) is 0.421. The van der Waals surface area contributed by atoms with Crippen LogP contribution < -0.4 is 4.74 Å². The van der Waals surface area contributed by atoms with E-state index in [2.05, 4.69) is 18.8 Å². The summed E-state index contributed by atoms with van der Waals surface area (Å²) < 4.78 is 18.8. The number of allylic oxidation sites excluding steroid dienone is 1. The zero-order valence-electron chi connectivity index (χ0n) is 12.7. The fourth-order valence-electron chi connectivity index (χ4n) is 1.90. The fourth-order valence-corrected chi connectivity index (χ4v) is 2.76. The van der Waals surface area contributed by atoms with E-state index in [0.29, 0.717) is 5.92 Å². The molecule has 0 radical (unpaired) electrons. The van der Waals surface area contributed by atoms with Gasteiger partial charge in [0, 0.05) is 16.7 Å². The molecule has 0 bridgehead atoms. The molecule has 2 nitrogen and oxygen atoms in total. The number of halogens is 1. The maximum absolute atomic E-state index is 13.9. The van der Waals surface area contributed by atoms with E-state index >= 15 is 0 Å². The largest absolute Gasteiger partial charge is 0.494 e. The first kappa shape index (κ1) is 16.8. The molecule has 0 saturated carbocycles. The molecule has 0 aliphatic carbocycles. The molecular formula is C16H22FNOS.